The van der Waals surface area contributed by atoms with Gasteiger partial charge in [0.25, 0.3) is 0 Å². The standard InChI is InChI=1S/C10H15N3O3/c1-10(16-5-8(14)15)6-13(7-10)9-11-3-4-12(9)2/h3-4H,5-7H2,1-2H3,(H,14,15). The molecule has 1 N–H and O–H groups in total. The lowest BCUT2D eigenvalue weighted by Crippen LogP contribution is -2.62. The molecular formula is C10H15N3O3. The third kappa shape index (κ3) is 2.01. The predicted molar refractivity (Wildman–Crippen MR) is 57.4 cm³/mol. The average Bonchev–Trinajstić information content (AvgIpc) is 2.57. The van der Waals surface area contributed by atoms with Crippen LogP contribution in [0.1, 0.15) is 6.92 Å². The van der Waals surface area contributed by atoms with Gasteiger partial charge in [-0.2, -0.15) is 0 Å². The highest BCUT2D eigenvalue weighted by molar-refractivity contribution is 5.68. The number of anilines is 1. The van der Waals surface area contributed by atoms with E-state index in [9.17, 15) is 4.79 Å². The Labute approximate surface area is 93.4 Å². The molecule has 1 saturated heterocycles. The summed E-state index contributed by atoms with van der Waals surface area (Å²) < 4.78 is 7.24. The molecule has 1 aliphatic heterocycles. The molecule has 1 aromatic heterocycles. The van der Waals surface area contributed by atoms with Crippen LogP contribution in [-0.2, 0) is 16.6 Å². The molecule has 2 rings (SSSR count). The van der Waals surface area contributed by atoms with E-state index in [0.717, 1.165) is 5.95 Å². The van der Waals surface area contributed by atoms with Gasteiger partial charge in [-0.05, 0) is 6.92 Å². The van der Waals surface area contributed by atoms with Gasteiger partial charge in [-0.15, -0.1) is 0 Å². The minimum absolute atomic E-state index is 0.245. The van der Waals surface area contributed by atoms with E-state index in [1.807, 2.05) is 24.7 Å². The number of hydrogen-bond acceptors (Lipinski definition) is 4. The van der Waals surface area contributed by atoms with Crippen LogP contribution in [0.5, 0.6) is 0 Å². The number of aromatic nitrogens is 2. The van der Waals surface area contributed by atoms with Crippen LogP contribution in [0.4, 0.5) is 5.95 Å². The van der Waals surface area contributed by atoms with Crippen molar-refractivity contribution in [3.05, 3.63) is 12.4 Å². The number of aliphatic carboxylic acids is 1. The molecule has 1 aliphatic rings. The Hall–Kier alpha value is -1.56. The Balaban J connectivity index is 1.89. The van der Waals surface area contributed by atoms with E-state index >= 15 is 0 Å². The van der Waals surface area contributed by atoms with E-state index in [1.165, 1.54) is 0 Å². The molecule has 0 bridgehead atoms. The number of imidazole rings is 1. The zero-order chi connectivity index (χ0) is 11.8. The van der Waals surface area contributed by atoms with Gasteiger partial charge < -0.3 is 19.3 Å². The van der Waals surface area contributed by atoms with Crippen molar-refractivity contribution < 1.29 is 14.6 Å². The van der Waals surface area contributed by atoms with Gasteiger partial charge in [0.1, 0.15) is 12.2 Å². The van der Waals surface area contributed by atoms with Crippen LogP contribution in [0.2, 0.25) is 0 Å². The molecule has 6 heteroatoms. The molecule has 16 heavy (non-hydrogen) atoms. The van der Waals surface area contributed by atoms with Gasteiger partial charge in [0.15, 0.2) is 0 Å². The molecule has 0 atom stereocenters. The highest BCUT2D eigenvalue weighted by atomic mass is 16.5. The van der Waals surface area contributed by atoms with E-state index in [0.29, 0.717) is 13.1 Å². The normalized spacial score (nSPS) is 18.2. The summed E-state index contributed by atoms with van der Waals surface area (Å²) >= 11 is 0. The van der Waals surface area contributed by atoms with Gasteiger partial charge in [-0.3, -0.25) is 0 Å². The van der Waals surface area contributed by atoms with Crippen LogP contribution >= 0.6 is 0 Å². The first-order valence-corrected chi connectivity index (χ1v) is 5.08. The molecule has 88 valence electrons. The highest BCUT2D eigenvalue weighted by Crippen LogP contribution is 2.28. The smallest absolute Gasteiger partial charge is 0.329 e. The molecule has 0 amide bonds. The van der Waals surface area contributed by atoms with Crippen molar-refractivity contribution in [1.82, 2.24) is 9.55 Å². The topological polar surface area (TPSA) is 67.6 Å². The Bertz CT molecular complexity index is 396. The van der Waals surface area contributed by atoms with Crippen molar-refractivity contribution in [2.24, 2.45) is 7.05 Å². The Morgan fingerprint density at radius 3 is 2.88 bits per heavy atom. The summed E-state index contributed by atoms with van der Waals surface area (Å²) in [5.41, 5.74) is -0.371. The van der Waals surface area contributed by atoms with Crippen molar-refractivity contribution >= 4 is 11.9 Å². The van der Waals surface area contributed by atoms with Crippen LogP contribution < -0.4 is 4.90 Å². The van der Waals surface area contributed by atoms with Crippen LogP contribution in [-0.4, -0.2) is 45.9 Å². The van der Waals surface area contributed by atoms with Crippen molar-refractivity contribution in [3.8, 4) is 0 Å². The summed E-state index contributed by atoms with van der Waals surface area (Å²) in [6.45, 7) is 3.01. The minimum Gasteiger partial charge on any atom is -0.480 e. The number of carbonyl (C=O) groups is 1. The number of ether oxygens (including phenoxy) is 1. The van der Waals surface area contributed by atoms with Gasteiger partial charge in [0.05, 0.1) is 13.1 Å². The monoisotopic (exact) mass is 225 g/mol. The predicted octanol–water partition coefficient (Wildman–Crippen LogP) is 0.100. The lowest BCUT2D eigenvalue weighted by Gasteiger charge is -2.47. The minimum atomic E-state index is -0.934. The van der Waals surface area contributed by atoms with E-state index in [4.69, 9.17) is 9.84 Å². The summed E-state index contributed by atoms with van der Waals surface area (Å²) in [6, 6.07) is 0. The number of nitrogens with zero attached hydrogens (tertiary/aromatic N) is 3. The maximum Gasteiger partial charge on any atom is 0.329 e. The summed E-state index contributed by atoms with van der Waals surface area (Å²) in [4.78, 5) is 16.7. The third-order valence-corrected chi connectivity index (χ3v) is 2.67. The largest absolute Gasteiger partial charge is 0.480 e. The first-order valence-electron chi connectivity index (χ1n) is 5.08. The van der Waals surface area contributed by atoms with Crippen molar-refractivity contribution in [2.45, 2.75) is 12.5 Å². The summed E-state index contributed by atoms with van der Waals surface area (Å²) in [5.74, 6) is -0.0481. The molecule has 1 aromatic rings. The first-order chi connectivity index (χ1) is 7.50. The zero-order valence-electron chi connectivity index (χ0n) is 9.38. The first kappa shape index (κ1) is 10.9. The average molecular weight is 225 g/mol. The third-order valence-electron chi connectivity index (χ3n) is 2.67. The van der Waals surface area contributed by atoms with E-state index in [-0.39, 0.29) is 12.2 Å². The second-order valence-corrected chi connectivity index (χ2v) is 4.33. The molecule has 0 unspecified atom stereocenters. The fourth-order valence-electron chi connectivity index (χ4n) is 1.89. The SMILES string of the molecule is Cn1ccnc1N1CC(C)(OCC(=O)O)C1. The molecule has 0 saturated carbocycles. The number of rotatable bonds is 4. The van der Waals surface area contributed by atoms with E-state index < -0.39 is 5.97 Å². The highest BCUT2D eigenvalue weighted by Gasteiger charge is 2.41. The number of hydrogen-bond donors (Lipinski definition) is 1. The van der Waals surface area contributed by atoms with Gasteiger partial charge in [-0.25, -0.2) is 9.78 Å². The number of carboxylic acid groups (broad SMARTS) is 1. The fourth-order valence-corrected chi connectivity index (χ4v) is 1.89. The van der Waals surface area contributed by atoms with Gasteiger partial charge in [0.2, 0.25) is 5.95 Å². The molecule has 0 aromatic carbocycles. The Kier molecular flexibility index (Phi) is 2.59. The molecule has 2 heterocycles. The summed E-state index contributed by atoms with van der Waals surface area (Å²) in [6.07, 6.45) is 3.62. The summed E-state index contributed by atoms with van der Waals surface area (Å²) in [7, 11) is 1.93. The van der Waals surface area contributed by atoms with Crippen LogP contribution in [0.25, 0.3) is 0 Å². The molecule has 0 spiro atoms. The van der Waals surface area contributed by atoms with Crippen molar-refractivity contribution in [2.75, 3.05) is 24.6 Å². The lowest BCUT2D eigenvalue weighted by molar-refractivity contribution is -0.150. The Morgan fingerprint density at radius 1 is 1.69 bits per heavy atom. The van der Waals surface area contributed by atoms with Gasteiger partial charge in [0, 0.05) is 19.4 Å². The second kappa shape index (κ2) is 3.79. The second-order valence-electron chi connectivity index (χ2n) is 4.33. The van der Waals surface area contributed by atoms with Crippen LogP contribution in [0, 0.1) is 0 Å². The lowest BCUT2D eigenvalue weighted by atomic mass is 9.97. The van der Waals surface area contributed by atoms with Gasteiger partial charge in [-0.1, -0.05) is 0 Å². The van der Waals surface area contributed by atoms with Crippen LogP contribution in [0.3, 0.4) is 0 Å². The molecule has 0 radical (unpaired) electrons. The van der Waals surface area contributed by atoms with E-state index in [1.54, 1.807) is 6.20 Å². The van der Waals surface area contributed by atoms with Crippen molar-refractivity contribution in [3.63, 3.8) is 0 Å². The molecule has 1 fully saturated rings. The fraction of sp³-hybridized carbons (Fsp3) is 0.600. The van der Waals surface area contributed by atoms with E-state index in [2.05, 4.69) is 9.88 Å². The quantitative estimate of drug-likeness (QED) is 0.787. The maximum absolute atomic E-state index is 10.4. The zero-order valence-corrected chi connectivity index (χ0v) is 9.38. The summed E-state index contributed by atoms with van der Waals surface area (Å²) in [5, 5.41) is 8.54. The molecular weight excluding hydrogens is 210 g/mol. The number of carboxylic acids is 1. The van der Waals surface area contributed by atoms with Gasteiger partial charge >= 0.3 is 5.97 Å². The maximum atomic E-state index is 10.4. The molecule has 0 aliphatic carbocycles. The van der Waals surface area contributed by atoms with Crippen molar-refractivity contribution in [1.29, 1.82) is 0 Å². The Morgan fingerprint density at radius 2 is 2.38 bits per heavy atom. The van der Waals surface area contributed by atoms with Crippen LogP contribution in [0.15, 0.2) is 12.4 Å². The number of aryl methyl sites for hydroxylation is 1. The molecule has 6 nitrogen and oxygen atoms in total.